The standard InChI is InChI=1S/C39H32N6O4/c1-38(2)29-9-7-6-8-25(29)33-27-20-30(46-4)31(47-5)21-28(27)35-26(34(33)38)14-15-39(49-35,36-42-32(22-40)43-37(41-3)44-36)23-10-12-24(13-11-23)45-16-18-48-19-17-45/h6-15,20-21H,16-19H2,1-2,4-5H3. The predicted molar refractivity (Wildman–Crippen MR) is 185 cm³/mol. The second kappa shape index (κ2) is 11.3. The highest BCUT2D eigenvalue weighted by Crippen LogP contribution is 2.59. The predicted octanol–water partition coefficient (Wildman–Crippen LogP) is 6.96. The topological polar surface area (TPSA) is 107 Å². The van der Waals surface area contributed by atoms with Gasteiger partial charge in [-0.25, -0.2) is 0 Å². The molecule has 5 aromatic rings. The second-order valence-electron chi connectivity index (χ2n) is 12.7. The molecular formula is C39H32N6O4. The van der Waals surface area contributed by atoms with Crippen LogP contribution in [0.25, 0.3) is 32.8 Å². The lowest BCUT2D eigenvalue weighted by molar-refractivity contribution is 0.122. The highest BCUT2D eigenvalue weighted by atomic mass is 16.5. The molecule has 0 N–H and O–H groups in total. The summed E-state index contributed by atoms with van der Waals surface area (Å²) >= 11 is 0. The molecule has 3 aliphatic rings. The molecule has 0 amide bonds. The van der Waals surface area contributed by atoms with Gasteiger partial charge in [-0.1, -0.05) is 56.3 Å². The van der Waals surface area contributed by atoms with Gasteiger partial charge in [-0.05, 0) is 58.0 Å². The highest BCUT2D eigenvalue weighted by Gasteiger charge is 2.47. The van der Waals surface area contributed by atoms with Crippen LogP contribution in [0.5, 0.6) is 17.2 Å². The summed E-state index contributed by atoms with van der Waals surface area (Å²) in [5.74, 6) is 1.57. The zero-order valence-corrected chi connectivity index (χ0v) is 27.6. The Kier molecular flexibility index (Phi) is 7.02. The van der Waals surface area contributed by atoms with Crippen molar-refractivity contribution in [3.05, 3.63) is 112 Å². The zero-order chi connectivity index (χ0) is 33.9. The Morgan fingerprint density at radius 3 is 2.35 bits per heavy atom. The van der Waals surface area contributed by atoms with E-state index in [0.717, 1.165) is 57.4 Å². The van der Waals surface area contributed by atoms with E-state index in [0.29, 0.717) is 30.5 Å². The van der Waals surface area contributed by atoms with Crippen molar-refractivity contribution in [2.75, 3.05) is 45.4 Å². The van der Waals surface area contributed by atoms with Gasteiger partial charge >= 0.3 is 5.95 Å². The molecule has 1 saturated heterocycles. The van der Waals surface area contributed by atoms with Gasteiger partial charge in [0.1, 0.15) is 5.75 Å². The summed E-state index contributed by atoms with van der Waals surface area (Å²) in [6.07, 6.45) is 4.01. The van der Waals surface area contributed by atoms with Crippen LogP contribution in [0.1, 0.15) is 47.8 Å². The average molecular weight is 649 g/mol. The molecule has 1 unspecified atom stereocenters. The van der Waals surface area contributed by atoms with E-state index in [2.05, 4.69) is 68.9 Å². The first-order chi connectivity index (χ1) is 23.8. The number of benzene rings is 4. The third kappa shape index (κ3) is 4.52. The van der Waals surface area contributed by atoms with Crippen LogP contribution >= 0.6 is 0 Å². The third-order valence-electron chi connectivity index (χ3n) is 9.87. The number of hydrogen-bond acceptors (Lipinski definition) is 9. The molecule has 0 saturated carbocycles. The number of nitrogens with zero attached hydrogens (tertiary/aromatic N) is 6. The summed E-state index contributed by atoms with van der Waals surface area (Å²) in [7, 11) is 3.25. The number of morpholine rings is 1. The number of nitriles is 1. The molecule has 0 radical (unpaired) electrons. The Balaban J connectivity index is 1.42. The molecule has 242 valence electrons. The van der Waals surface area contributed by atoms with E-state index in [1.807, 2.05) is 48.5 Å². The fraction of sp³-hybridized carbons (Fsp3) is 0.256. The summed E-state index contributed by atoms with van der Waals surface area (Å²) in [4.78, 5) is 18.9. The number of ether oxygens (including phenoxy) is 4. The average Bonchev–Trinajstić information content (AvgIpc) is 3.40. The van der Waals surface area contributed by atoms with Crippen LogP contribution in [0, 0.1) is 17.9 Å². The van der Waals surface area contributed by atoms with Crippen molar-refractivity contribution in [2.24, 2.45) is 0 Å². The fourth-order valence-corrected chi connectivity index (χ4v) is 7.55. The summed E-state index contributed by atoms with van der Waals surface area (Å²) in [5, 5.41) is 11.6. The van der Waals surface area contributed by atoms with Gasteiger partial charge in [0.05, 0.1) is 27.4 Å². The smallest absolute Gasteiger partial charge is 0.376 e. The van der Waals surface area contributed by atoms with Crippen LogP contribution < -0.4 is 19.1 Å². The first-order valence-electron chi connectivity index (χ1n) is 16.0. The Morgan fingerprint density at radius 2 is 1.65 bits per heavy atom. The fourth-order valence-electron chi connectivity index (χ4n) is 7.55. The number of methoxy groups -OCH3 is 2. The molecule has 1 aliphatic carbocycles. The van der Waals surface area contributed by atoms with Gasteiger partial charge in [0.15, 0.2) is 17.6 Å². The van der Waals surface area contributed by atoms with Crippen LogP contribution in [0.15, 0.2) is 66.7 Å². The molecule has 49 heavy (non-hydrogen) atoms. The molecule has 1 fully saturated rings. The number of aromatic nitrogens is 3. The van der Waals surface area contributed by atoms with Crippen molar-refractivity contribution in [2.45, 2.75) is 24.9 Å². The Hall–Kier alpha value is -5.97. The molecule has 10 heteroatoms. The minimum absolute atomic E-state index is 0.141. The van der Waals surface area contributed by atoms with E-state index < -0.39 is 5.60 Å². The summed E-state index contributed by atoms with van der Waals surface area (Å²) in [5.41, 5.74) is 5.57. The number of fused-ring (bicyclic) bond motifs is 8. The lowest BCUT2D eigenvalue weighted by Gasteiger charge is -2.36. The quantitative estimate of drug-likeness (QED) is 0.187. The molecule has 10 nitrogen and oxygen atoms in total. The molecule has 3 heterocycles. The summed E-state index contributed by atoms with van der Waals surface area (Å²) < 4.78 is 24.5. The number of hydrogen-bond donors (Lipinski definition) is 0. The monoisotopic (exact) mass is 648 g/mol. The molecular weight excluding hydrogens is 616 g/mol. The van der Waals surface area contributed by atoms with E-state index in [-0.39, 0.29) is 23.0 Å². The van der Waals surface area contributed by atoms with Crippen molar-refractivity contribution in [1.29, 1.82) is 5.26 Å². The Morgan fingerprint density at radius 1 is 0.939 bits per heavy atom. The van der Waals surface area contributed by atoms with Gasteiger partial charge in [-0.3, -0.25) is 0 Å². The molecule has 4 aromatic carbocycles. The summed E-state index contributed by atoms with van der Waals surface area (Å²) in [6, 6.07) is 22.5. The molecule has 0 spiro atoms. The van der Waals surface area contributed by atoms with E-state index in [9.17, 15) is 5.26 Å². The van der Waals surface area contributed by atoms with Crippen LogP contribution in [0.3, 0.4) is 0 Å². The Labute approximate surface area is 284 Å². The minimum atomic E-state index is -1.41. The maximum atomic E-state index is 9.86. The van der Waals surface area contributed by atoms with Crippen molar-refractivity contribution in [3.63, 3.8) is 0 Å². The van der Waals surface area contributed by atoms with E-state index in [4.69, 9.17) is 25.5 Å². The lowest BCUT2D eigenvalue weighted by atomic mass is 9.77. The molecule has 2 aliphatic heterocycles. The van der Waals surface area contributed by atoms with Crippen LogP contribution in [-0.2, 0) is 15.8 Å². The van der Waals surface area contributed by atoms with Crippen LogP contribution in [-0.4, -0.2) is 55.5 Å². The zero-order valence-electron chi connectivity index (χ0n) is 27.6. The van der Waals surface area contributed by atoms with E-state index >= 15 is 0 Å². The van der Waals surface area contributed by atoms with Crippen molar-refractivity contribution < 1.29 is 18.9 Å². The Bertz CT molecular complexity index is 2250. The van der Waals surface area contributed by atoms with Gasteiger partial charge in [0, 0.05) is 40.7 Å². The van der Waals surface area contributed by atoms with E-state index in [1.165, 1.54) is 5.56 Å². The van der Waals surface area contributed by atoms with Crippen LogP contribution in [0.2, 0.25) is 0 Å². The second-order valence-corrected chi connectivity index (χ2v) is 12.7. The van der Waals surface area contributed by atoms with Gasteiger partial charge in [-0.2, -0.15) is 10.2 Å². The van der Waals surface area contributed by atoms with Crippen LogP contribution in [0.4, 0.5) is 11.6 Å². The van der Waals surface area contributed by atoms with Gasteiger partial charge in [0.2, 0.25) is 11.4 Å². The number of anilines is 1. The third-order valence-corrected chi connectivity index (χ3v) is 9.87. The molecule has 1 aromatic heterocycles. The molecule has 0 bridgehead atoms. The van der Waals surface area contributed by atoms with Gasteiger partial charge in [0.25, 0.3) is 5.82 Å². The van der Waals surface area contributed by atoms with Crippen molar-refractivity contribution in [3.8, 4) is 34.4 Å². The van der Waals surface area contributed by atoms with Gasteiger partial charge < -0.3 is 28.7 Å². The first-order valence-corrected chi connectivity index (χ1v) is 16.0. The van der Waals surface area contributed by atoms with E-state index in [1.54, 1.807) is 14.2 Å². The van der Waals surface area contributed by atoms with Crippen molar-refractivity contribution >= 4 is 28.5 Å². The maximum absolute atomic E-state index is 9.86. The van der Waals surface area contributed by atoms with Crippen molar-refractivity contribution in [1.82, 2.24) is 15.0 Å². The van der Waals surface area contributed by atoms with Gasteiger partial charge in [-0.15, -0.1) is 16.5 Å². The largest absolute Gasteiger partial charge is 0.493 e. The lowest BCUT2D eigenvalue weighted by Crippen LogP contribution is -2.38. The molecule has 8 rings (SSSR count). The molecule has 1 atom stereocenters. The minimum Gasteiger partial charge on any atom is -0.493 e. The normalized spacial score (nSPS) is 18.4. The SMILES string of the molecule is [C-]#[N+]c1nc(C#N)nc(C2(c3ccc(N4CCOCC4)cc3)C=Cc3c4c(c5cc(OC)c(OC)cc5c3O2)-c2ccccc2C4(C)C)n1. The maximum Gasteiger partial charge on any atom is 0.376 e. The highest BCUT2D eigenvalue weighted by molar-refractivity contribution is 6.09. The first kappa shape index (κ1) is 30.4. The number of rotatable bonds is 5. The summed E-state index contributed by atoms with van der Waals surface area (Å²) in [6.45, 7) is 15.1.